The van der Waals surface area contributed by atoms with Crippen LogP contribution in [0.4, 0.5) is 0 Å². The smallest absolute Gasteiger partial charge is 0.245 e. The number of carbonyl (C=O) groups is 12. The fourth-order valence-electron chi connectivity index (χ4n) is 8.21. The third-order valence-corrected chi connectivity index (χ3v) is 14.2. The molecular formula is C53H74N14O18S2. The molecule has 12 amide bonds. The number of hydrogen-bond donors (Lipinski definition) is 21. The summed E-state index contributed by atoms with van der Waals surface area (Å²) in [7, 11) is 0. The minimum atomic E-state index is -1.86. The van der Waals surface area contributed by atoms with E-state index in [0.29, 0.717) is 16.8 Å². The minimum Gasteiger partial charge on any atom is -0.508 e. The molecule has 476 valence electrons. The normalized spacial score (nSPS) is 25.9. The molecule has 0 bridgehead atoms. The van der Waals surface area contributed by atoms with Gasteiger partial charge in [0.2, 0.25) is 70.9 Å². The molecule has 2 aromatic carbocycles. The first-order valence-corrected chi connectivity index (χ1v) is 28.4. The number of rotatable bonds is 14. The van der Waals surface area contributed by atoms with Crippen LogP contribution in [0.5, 0.6) is 11.5 Å². The number of thiol groups is 2. The summed E-state index contributed by atoms with van der Waals surface area (Å²) in [5.41, 5.74) is 1.00. The lowest BCUT2D eigenvalue weighted by Crippen LogP contribution is -2.63. The first kappa shape index (κ1) is 70.9. The Labute approximate surface area is 508 Å². The monoisotopic (exact) mass is 1260 g/mol. The molecule has 3 aromatic rings. The number of aliphatic hydroxyl groups is 4. The number of phenols is 2. The van der Waals surface area contributed by atoms with Gasteiger partial charge in [-0.1, -0.05) is 44.5 Å². The number of hydrogen-bond acceptors (Lipinski definition) is 21. The molecule has 0 unspecified atom stereocenters. The fraction of sp³-hybridized carbons (Fsp3) is 0.491. The molecule has 0 radical (unpaired) electrons. The van der Waals surface area contributed by atoms with Crippen LogP contribution in [-0.4, -0.2) is 222 Å². The second-order valence-electron chi connectivity index (χ2n) is 20.0. The molecule has 1 saturated heterocycles. The molecule has 0 spiro atoms. The summed E-state index contributed by atoms with van der Waals surface area (Å²) in [5.74, 6) is -15.0. The van der Waals surface area contributed by atoms with Crippen molar-refractivity contribution in [3.05, 3.63) is 77.9 Å². The summed E-state index contributed by atoms with van der Waals surface area (Å²) in [6.45, 7) is -0.798. The minimum absolute atomic E-state index is 0.144. The Morgan fingerprint density at radius 3 is 1.18 bits per heavy atom. The Bertz CT molecular complexity index is 2870. The quantitative estimate of drug-likeness (QED) is 0.0667. The lowest BCUT2D eigenvalue weighted by atomic mass is 9.96. The summed E-state index contributed by atoms with van der Waals surface area (Å²) in [6.07, 6.45) is 1.84. The van der Waals surface area contributed by atoms with Crippen molar-refractivity contribution >= 4 is 96.1 Å². The third kappa shape index (κ3) is 22.0. The summed E-state index contributed by atoms with van der Waals surface area (Å²) in [6, 6.07) is -7.49. The second kappa shape index (κ2) is 35.2. The molecule has 12 atom stereocenters. The molecule has 1 aliphatic rings. The molecule has 34 heteroatoms. The third-order valence-electron chi connectivity index (χ3n) is 13.5. The van der Waals surface area contributed by atoms with Crippen molar-refractivity contribution < 1.29 is 88.2 Å². The summed E-state index contributed by atoms with van der Waals surface area (Å²) >= 11 is 8.37. The van der Waals surface area contributed by atoms with Gasteiger partial charge in [0.15, 0.2) is 0 Å². The number of imidazole rings is 1. The molecule has 4 rings (SSSR count). The van der Waals surface area contributed by atoms with Crippen molar-refractivity contribution in [1.29, 1.82) is 0 Å². The number of amides is 12. The van der Waals surface area contributed by atoms with E-state index < -0.39 is 188 Å². The number of nitrogens with zero attached hydrogens (tertiary/aromatic N) is 1. The molecule has 1 aliphatic heterocycles. The molecule has 19 N–H and O–H groups in total. The predicted octanol–water partition coefficient (Wildman–Crippen LogP) is -7.79. The van der Waals surface area contributed by atoms with Gasteiger partial charge in [-0.3, -0.25) is 57.5 Å². The Morgan fingerprint density at radius 1 is 0.460 bits per heavy atom. The lowest BCUT2D eigenvalue weighted by molar-refractivity contribution is -0.137. The molecule has 1 aromatic heterocycles. The van der Waals surface area contributed by atoms with Gasteiger partial charge >= 0.3 is 0 Å². The maximum absolute atomic E-state index is 14.4. The van der Waals surface area contributed by atoms with Crippen LogP contribution in [0.1, 0.15) is 44.0 Å². The number of carbonyl (C=O) groups excluding carboxylic acids is 12. The number of phenolic OH excluding ortho intramolecular Hbond substituents is 2. The number of aliphatic hydroxyl groups excluding tert-OH is 4. The number of nitrogens with one attached hydrogen (secondary N) is 13. The van der Waals surface area contributed by atoms with E-state index in [0.717, 1.165) is 6.92 Å². The summed E-state index contributed by atoms with van der Waals surface area (Å²) in [4.78, 5) is 172. The predicted molar refractivity (Wildman–Crippen MR) is 311 cm³/mol. The fourth-order valence-corrected chi connectivity index (χ4v) is 8.73. The average Bonchev–Trinajstić information content (AvgIpc) is 4.18. The second-order valence-corrected chi connectivity index (χ2v) is 20.8. The molecule has 87 heavy (non-hydrogen) atoms. The van der Waals surface area contributed by atoms with Crippen LogP contribution >= 0.6 is 25.3 Å². The van der Waals surface area contributed by atoms with Crippen molar-refractivity contribution in [2.45, 2.75) is 113 Å². The highest BCUT2D eigenvalue weighted by Gasteiger charge is 2.37. The van der Waals surface area contributed by atoms with E-state index in [2.05, 4.69) is 99.0 Å². The van der Waals surface area contributed by atoms with E-state index in [1.807, 2.05) is 0 Å². The van der Waals surface area contributed by atoms with E-state index in [1.165, 1.54) is 61.1 Å². The number of H-pyrrole nitrogens is 1. The van der Waals surface area contributed by atoms with E-state index >= 15 is 0 Å². The van der Waals surface area contributed by atoms with Gasteiger partial charge in [-0.15, -0.1) is 0 Å². The first-order valence-electron chi connectivity index (χ1n) is 27.2. The van der Waals surface area contributed by atoms with Gasteiger partial charge in [0, 0.05) is 42.7 Å². The zero-order valence-corrected chi connectivity index (χ0v) is 49.2. The highest BCUT2D eigenvalue weighted by Crippen LogP contribution is 2.16. The van der Waals surface area contributed by atoms with Gasteiger partial charge in [0.25, 0.3) is 0 Å². The number of benzene rings is 2. The average molecular weight is 1260 g/mol. The Hall–Kier alpha value is -8.57. The highest BCUT2D eigenvalue weighted by atomic mass is 32.1. The Kier molecular flexibility index (Phi) is 28.7. The maximum atomic E-state index is 14.4. The van der Waals surface area contributed by atoms with Crippen LogP contribution < -0.4 is 63.8 Å². The summed E-state index contributed by atoms with van der Waals surface area (Å²) in [5, 5.41) is 89.1. The standard InChI is InChI=1S/C53H74N14O18S2/c1-4-25(2)42-53(85)64-38(21-71)48(80)59-32(13-27-5-9-30(72)10-6-27)44(76)65-40(23-87)52(84)63-36(19-69)49(81)62-35(18-68)47(79)57-26(3)43(75)55-17-41(74)58-34(15-29-16-54-24-56-29)45(77)61-37(20-70)50(82)66-39(22-86)51(83)60-33(46(78)67-42)14-28-7-11-31(73)12-8-28/h5-12,16,24-26,32-40,42,68-73,86-87H,4,13-15,17-23H2,1-3H3,(H,54,56)(H,55,75)(H,57,79)(H,58,74)(H,59,80)(H,60,83)(H,61,77)(H,62,81)(H,63,84)(H,64,85)(H,65,76)(H,66,82)(H,67,78)/t25-,26-,32-,33-,34-,35-,36-,37-,38-,39-,40-,42-/m0/s1. The largest absolute Gasteiger partial charge is 0.508 e. The van der Waals surface area contributed by atoms with Crippen molar-refractivity contribution in [2.24, 2.45) is 5.92 Å². The van der Waals surface area contributed by atoms with Crippen molar-refractivity contribution in [3.63, 3.8) is 0 Å². The van der Waals surface area contributed by atoms with Crippen molar-refractivity contribution in [2.75, 3.05) is 44.5 Å². The topological polar surface area (TPSA) is 499 Å². The van der Waals surface area contributed by atoms with Gasteiger partial charge < -0.3 is 99.4 Å². The maximum Gasteiger partial charge on any atom is 0.245 e. The van der Waals surface area contributed by atoms with Gasteiger partial charge in [-0.25, -0.2) is 4.98 Å². The van der Waals surface area contributed by atoms with E-state index in [1.54, 1.807) is 13.8 Å². The van der Waals surface area contributed by atoms with E-state index in [-0.39, 0.29) is 37.2 Å². The zero-order chi connectivity index (χ0) is 64.5. The first-order chi connectivity index (χ1) is 41.4. The van der Waals surface area contributed by atoms with Gasteiger partial charge in [-0.05, 0) is 48.2 Å². The Balaban J connectivity index is 1.74. The van der Waals surface area contributed by atoms with Crippen LogP contribution in [0.15, 0.2) is 61.1 Å². The highest BCUT2D eigenvalue weighted by molar-refractivity contribution is 7.80. The summed E-state index contributed by atoms with van der Waals surface area (Å²) < 4.78 is 0. The van der Waals surface area contributed by atoms with Crippen LogP contribution in [0.25, 0.3) is 0 Å². The lowest BCUT2D eigenvalue weighted by Gasteiger charge is -2.29. The molecule has 0 saturated carbocycles. The van der Waals surface area contributed by atoms with Gasteiger partial charge in [0.05, 0.1) is 39.3 Å². The number of aromatic hydroxyl groups is 2. The van der Waals surface area contributed by atoms with Gasteiger partial charge in [-0.2, -0.15) is 25.3 Å². The Morgan fingerprint density at radius 2 is 0.805 bits per heavy atom. The van der Waals surface area contributed by atoms with Crippen LogP contribution in [0.3, 0.4) is 0 Å². The molecular weight excluding hydrogens is 1180 g/mol. The number of aromatic nitrogens is 2. The molecule has 2 heterocycles. The van der Waals surface area contributed by atoms with Crippen molar-refractivity contribution in [1.82, 2.24) is 73.8 Å². The van der Waals surface area contributed by atoms with E-state index in [4.69, 9.17) is 0 Å². The molecule has 0 aliphatic carbocycles. The molecule has 32 nitrogen and oxygen atoms in total. The van der Waals surface area contributed by atoms with Crippen LogP contribution in [0.2, 0.25) is 0 Å². The van der Waals surface area contributed by atoms with Gasteiger partial charge in [0.1, 0.15) is 78.0 Å². The van der Waals surface area contributed by atoms with E-state index in [9.17, 15) is 88.2 Å². The van der Waals surface area contributed by atoms with Crippen LogP contribution in [-0.2, 0) is 76.8 Å². The number of aromatic amines is 1. The molecule has 1 fully saturated rings. The van der Waals surface area contributed by atoms with Crippen molar-refractivity contribution in [3.8, 4) is 11.5 Å². The van der Waals surface area contributed by atoms with Crippen LogP contribution in [0, 0.1) is 5.92 Å². The SMILES string of the molecule is CC[C@H](C)[C@@H]1NC(=O)[C@H](Cc2ccc(O)cc2)NC(=O)[C@H](CS)NC(=O)[C@H](CO)NC(=O)[C@H](Cc2cnc[nH]2)NC(=O)CNC(=O)[C@H](C)NC(=O)[C@H](CO)NC(=O)[C@H](CO)NC(=O)[C@H](CS)NC(=O)[C@H](Cc2ccc(O)cc2)NC(=O)[C@H](CO)NC1=O. The zero-order valence-electron chi connectivity index (χ0n) is 47.4.